The second kappa shape index (κ2) is 9.59. The average molecular weight is 548 g/mol. The summed E-state index contributed by atoms with van der Waals surface area (Å²) in [6.07, 6.45) is 3.90. The van der Waals surface area contributed by atoms with E-state index in [4.69, 9.17) is 4.74 Å². The van der Waals surface area contributed by atoms with E-state index in [1.807, 2.05) is 6.07 Å². The highest BCUT2D eigenvalue weighted by Gasteiger charge is 2.35. The van der Waals surface area contributed by atoms with Gasteiger partial charge in [-0.2, -0.15) is 0 Å². The number of hydrogen-bond donors (Lipinski definition) is 1. The van der Waals surface area contributed by atoms with Crippen LogP contribution in [0.4, 0.5) is 4.79 Å². The minimum Gasteiger partial charge on any atom is -0.490 e. The Morgan fingerprint density at radius 1 is 1.21 bits per heavy atom. The van der Waals surface area contributed by atoms with E-state index in [9.17, 15) is 23.1 Å². The van der Waals surface area contributed by atoms with E-state index in [1.54, 1.807) is 36.7 Å². The third-order valence-corrected chi connectivity index (χ3v) is 7.47. The summed E-state index contributed by atoms with van der Waals surface area (Å²) in [7, 11) is -3.33. The predicted octanol–water partition coefficient (Wildman–Crippen LogP) is 3.66. The van der Waals surface area contributed by atoms with Crippen molar-refractivity contribution in [1.29, 1.82) is 0 Å². The van der Waals surface area contributed by atoms with Gasteiger partial charge in [-0.05, 0) is 52.3 Å². The minimum absolute atomic E-state index is 0.173. The van der Waals surface area contributed by atoms with Gasteiger partial charge in [0.25, 0.3) is 5.56 Å². The summed E-state index contributed by atoms with van der Waals surface area (Å²) in [6.45, 7) is 0.287. The Hall–Kier alpha value is -3.18. The van der Waals surface area contributed by atoms with E-state index in [1.165, 1.54) is 27.7 Å². The molecule has 9 nitrogen and oxygen atoms in total. The van der Waals surface area contributed by atoms with Crippen molar-refractivity contribution in [1.82, 2.24) is 14.5 Å². The molecule has 3 heterocycles. The Morgan fingerprint density at radius 2 is 1.94 bits per heavy atom. The maximum atomic E-state index is 12.7. The lowest BCUT2D eigenvalue weighted by molar-refractivity contribution is 0.0535. The molecule has 3 aromatic rings. The standard InChI is InChI=1S/C23H22BrN3O6S/c1-34(31,32)18-6-4-15(5-7-18)26-11-8-17(14-21(26)28)33-16-9-12-27(23(29)30)20(13-16)19-3-2-10-25-22(19)24/h2-8,10-11,14,16,20H,9,12-13H2,1H3,(H,29,30). The summed E-state index contributed by atoms with van der Waals surface area (Å²) in [4.78, 5) is 30.2. The number of amides is 1. The van der Waals surface area contributed by atoms with Crippen molar-refractivity contribution in [2.24, 2.45) is 0 Å². The van der Waals surface area contributed by atoms with Gasteiger partial charge in [0.1, 0.15) is 16.5 Å². The highest BCUT2D eigenvalue weighted by atomic mass is 79.9. The molecule has 1 aliphatic rings. The number of rotatable bonds is 5. The molecule has 178 valence electrons. The average Bonchev–Trinajstić information content (AvgIpc) is 2.79. The van der Waals surface area contributed by atoms with Crippen LogP contribution < -0.4 is 10.3 Å². The van der Waals surface area contributed by atoms with Crippen LogP contribution in [-0.4, -0.2) is 53.0 Å². The second-order valence-electron chi connectivity index (χ2n) is 7.98. The summed E-state index contributed by atoms with van der Waals surface area (Å²) in [6, 6.07) is 12.2. The Balaban J connectivity index is 1.53. The molecule has 2 atom stereocenters. The molecular weight excluding hydrogens is 526 g/mol. The molecular formula is C23H22BrN3O6S. The number of halogens is 1. The number of aromatic nitrogens is 2. The van der Waals surface area contributed by atoms with Gasteiger partial charge in [0.2, 0.25) is 0 Å². The lowest BCUT2D eigenvalue weighted by atomic mass is 9.94. The molecule has 11 heteroatoms. The molecule has 4 rings (SSSR count). The van der Waals surface area contributed by atoms with E-state index in [-0.39, 0.29) is 23.1 Å². The normalized spacial score (nSPS) is 18.5. The molecule has 0 radical (unpaired) electrons. The van der Waals surface area contributed by atoms with Crippen molar-refractivity contribution in [3.63, 3.8) is 0 Å². The first-order chi connectivity index (χ1) is 16.1. The van der Waals surface area contributed by atoms with Crippen LogP contribution in [0.1, 0.15) is 24.4 Å². The Morgan fingerprint density at radius 3 is 2.56 bits per heavy atom. The third-order valence-electron chi connectivity index (χ3n) is 5.68. The van der Waals surface area contributed by atoms with E-state index >= 15 is 0 Å². The van der Waals surface area contributed by atoms with Gasteiger partial charge in [0.15, 0.2) is 9.84 Å². The fourth-order valence-corrected chi connectivity index (χ4v) is 5.15. The molecule has 1 amide bonds. The van der Waals surface area contributed by atoms with Gasteiger partial charge in [-0.1, -0.05) is 6.07 Å². The number of hydrogen-bond acceptors (Lipinski definition) is 6. The molecule has 1 aliphatic heterocycles. The van der Waals surface area contributed by atoms with Gasteiger partial charge < -0.3 is 14.7 Å². The first kappa shape index (κ1) is 24.0. The molecule has 0 bridgehead atoms. The van der Waals surface area contributed by atoms with Crippen LogP contribution in [0.5, 0.6) is 5.75 Å². The number of likely N-dealkylation sites (tertiary alicyclic amines) is 1. The fraction of sp³-hybridized carbons (Fsp3) is 0.261. The molecule has 0 aliphatic carbocycles. The summed E-state index contributed by atoms with van der Waals surface area (Å²) in [5.41, 5.74) is 0.950. The summed E-state index contributed by atoms with van der Waals surface area (Å²) < 4.78 is 31.3. The van der Waals surface area contributed by atoms with Crippen LogP contribution >= 0.6 is 15.9 Å². The summed E-state index contributed by atoms with van der Waals surface area (Å²) in [5.74, 6) is 0.381. The molecule has 2 aromatic heterocycles. The zero-order chi connectivity index (χ0) is 24.5. The Bertz CT molecular complexity index is 1370. The van der Waals surface area contributed by atoms with E-state index < -0.39 is 22.0 Å². The molecule has 0 spiro atoms. The van der Waals surface area contributed by atoms with Crippen molar-refractivity contribution < 1.29 is 23.1 Å². The van der Waals surface area contributed by atoms with Gasteiger partial charge in [-0.3, -0.25) is 9.36 Å². The molecule has 0 saturated carbocycles. The van der Waals surface area contributed by atoms with Gasteiger partial charge in [-0.25, -0.2) is 18.2 Å². The maximum absolute atomic E-state index is 12.7. The highest BCUT2D eigenvalue weighted by molar-refractivity contribution is 9.10. The van der Waals surface area contributed by atoms with Crippen LogP contribution in [-0.2, 0) is 9.84 Å². The second-order valence-corrected chi connectivity index (χ2v) is 10.7. The van der Waals surface area contributed by atoms with Crippen molar-refractivity contribution in [2.75, 3.05) is 12.8 Å². The van der Waals surface area contributed by atoms with Crippen molar-refractivity contribution in [3.8, 4) is 11.4 Å². The molecule has 34 heavy (non-hydrogen) atoms. The van der Waals surface area contributed by atoms with Crippen LogP contribution in [0, 0.1) is 0 Å². The van der Waals surface area contributed by atoms with Crippen LogP contribution in [0.3, 0.4) is 0 Å². The topological polar surface area (TPSA) is 119 Å². The van der Waals surface area contributed by atoms with Crippen LogP contribution in [0.2, 0.25) is 0 Å². The minimum atomic E-state index is -3.33. The predicted molar refractivity (Wildman–Crippen MR) is 128 cm³/mol. The Labute approximate surface area is 204 Å². The third kappa shape index (κ3) is 5.15. The SMILES string of the molecule is CS(=O)(=O)c1ccc(-n2ccc(OC3CCN(C(=O)O)C(c4cccnc4Br)C3)cc2=O)cc1. The van der Waals surface area contributed by atoms with Gasteiger partial charge in [0, 0.05) is 55.4 Å². The van der Waals surface area contributed by atoms with Gasteiger partial charge in [0.05, 0.1) is 10.9 Å². The lowest BCUT2D eigenvalue weighted by Gasteiger charge is -2.38. The van der Waals surface area contributed by atoms with Gasteiger partial charge in [-0.15, -0.1) is 0 Å². The van der Waals surface area contributed by atoms with E-state index in [0.717, 1.165) is 11.8 Å². The highest BCUT2D eigenvalue weighted by Crippen LogP contribution is 2.35. The number of ether oxygens (including phenoxy) is 1. The maximum Gasteiger partial charge on any atom is 0.407 e. The molecule has 1 saturated heterocycles. The smallest absolute Gasteiger partial charge is 0.407 e. The quantitative estimate of drug-likeness (QED) is 0.484. The zero-order valence-electron chi connectivity index (χ0n) is 18.2. The molecule has 2 unspecified atom stereocenters. The fourth-order valence-electron chi connectivity index (χ4n) is 4.00. The Kier molecular flexibility index (Phi) is 6.76. The van der Waals surface area contributed by atoms with Crippen molar-refractivity contribution >= 4 is 31.9 Å². The number of nitrogens with zero attached hydrogens (tertiary/aromatic N) is 3. The van der Waals surface area contributed by atoms with Crippen LogP contribution in [0.15, 0.2) is 75.2 Å². The monoisotopic (exact) mass is 547 g/mol. The number of benzene rings is 1. The number of pyridine rings is 2. The molecule has 1 N–H and O–H groups in total. The summed E-state index contributed by atoms with van der Waals surface area (Å²) in [5, 5.41) is 9.65. The molecule has 1 aromatic carbocycles. The first-order valence-electron chi connectivity index (χ1n) is 10.4. The van der Waals surface area contributed by atoms with Crippen LogP contribution in [0.25, 0.3) is 5.69 Å². The summed E-state index contributed by atoms with van der Waals surface area (Å²) >= 11 is 3.40. The van der Waals surface area contributed by atoms with E-state index in [0.29, 0.717) is 28.9 Å². The lowest BCUT2D eigenvalue weighted by Crippen LogP contribution is -2.43. The van der Waals surface area contributed by atoms with E-state index in [2.05, 4.69) is 20.9 Å². The first-order valence-corrected chi connectivity index (χ1v) is 13.1. The number of carbonyl (C=O) groups is 1. The van der Waals surface area contributed by atoms with Gasteiger partial charge >= 0.3 is 6.09 Å². The number of carboxylic acid groups (broad SMARTS) is 1. The molecule has 1 fully saturated rings. The largest absolute Gasteiger partial charge is 0.490 e. The van der Waals surface area contributed by atoms with Crippen molar-refractivity contribution in [2.45, 2.75) is 29.9 Å². The van der Waals surface area contributed by atoms with Crippen molar-refractivity contribution in [3.05, 3.63) is 81.4 Å². The number of piperidine rings is 1. The number of sulfone groups is 1. The zero-order valence-corrected chi connectivity index (χ0v) is 20.6.